The number of nitrogens with one attached hydrogen (secondary N) is 1. The number of carbonyl (C=O) groups excluding carboxylic acids is 1. The summed E-state index contributed by atoms with van der Waals surface area (Å²) < 4.78 is 7.24. The molecule has 1 saturated heterocycles. The van der Waals surface area contributed by atoms with E-state index in [1.165, 1.54) is 29.8 Å². The molecule has 12 nitrogen and oxygen atoms in total. The van der Waals surface area contributed by atoms with Crippen LogP contribution in [0.3, 0.4) is 0 Å². The number of aliphatic hydroxyl groups is 4. The van der Waals surface area contributed by atoms with Crippen LogP contribution in [-0.2, 0) is 9.53 Å². The topological polar surface area (TPSA) is 166 Å². The number of amidine groups is 1. The molecule has 0 saturated carbocycles. The van der Waals surface area contributed by atoms with Gasteiger partial charge in [-0.1, -0.05) is 0 Å². The molecular weight excluding hydrogens is 384 g/mol. The van der Waals surface area contributed by atoms with Gasteiger partial charge < -0.3 is 35.0 Å². The highest BCUT2D eigenvalue weighted by molar-refractivity contribution is 6.18. The lowest BCUT2D eigenvalue weighted by Gasteiger charge is -2.27. The van der Waals surface area contributed by atoms with Gasteiger partial charge in [-0.3, -0.25) is 4.79 Å². The quantitative estimate of drug-likeness (QED) is 0.388. The van der Waals surface area contributed by atoms with E-state index in [1.54, 1.807) is 6.20 Å². The molecule has 12 heteroatoms. The van der Waals surface area contributed by atoms with E-state index in [0.29, 0.717) is 22.4 Å². The number of nitrogens with zero attached hydrogens (tertiary/aromatic N) is 5. The Hall–Kier alpha value is -2.64. The number of ether oxygens (including phenoxy) is 1. The minimum Gasteiger partial charge on any atom is -0.394 e. The molecule has 29 heavy (non-hydrogen) atoms. The number of anilines is 1. The number of hydrogen-bond donors (Lipinski definition) is 5. The maximum atomic E-state index is 11.7. The molecule has 5 N–H and O–H groups in total. The molecule has 2 aliphatic rings. The number of hydrazone groups is 1. The molecule has 2 aliphatic heterocycles. The normalized spacial score (nSPS) is 28.7. The maximum Gasteiger partial charge on any atom is 0.222 e. The van der Waals surface area contributed by atoms with Crippen LogP contribution in [0, 0.1) is 0 Å². The number of rotatable bonds is 4. The van der Waals surface area contributed by atoms with E-state index in [4.69, 9.17) is 4.74 Å². The minimum absolute atomic E-state index is 0.142. The van der Waals surface area contributed by atoms with Gasteiger partial charge in [0.25, 0.3) is 0 Å². The second-order valence-electron chi connectivity index (χ2n) is 7.20. The van der Waals surface area contributed by atoms with Crippen molar-refractivity contribution in [1.29, 1.82) is 0 Å². The van der Waals surface area contributed by atoms with E-state index in [0.717, 1.165) is 0 Å². The SMILES string of the molecule is CC(=O)NC1=NN(CCO)c2ncnc3c2c1cn3[C@@H]1O[C@H](CO)[C@@H](O)[C@@]1(C)O. The summed E-state index contributed by atoms with van der Waals surface area (Å²) in [5.41, 5.74) is -0.839. The predicted octanol–water partition coefficient (Wildman–Crippen LogP) is -1.96. The zero-order valence-corrected chi connectivity index (χ0v) is 15.8. The summed E-state index contributed by atoms with van der Waals surface area (Å²) in [7, 11) is 0. The number of aliphatic hydroxyl groups excluding tert-OH is 3. The fourth-order valence-electron chi connectivity index (χ4n) is 3.74. The van der Waals surface area contributed by atoms with Gasteiger partial charge in [-0.2, -0.15) is 5.10 Å². The van der Waals surface area contributed by atoms with Gasteiger partial charge in [0, 0.05) is 13.1 Å². The van der Waals surface area contributed by atoms with Crippen molar-refractivity contribution < 1.29 is 30.0 Å². The van der Waals surface area contributed by atoms with E-state index in [2.05, 4.69) is 20.4 Å². The van der Waals surface area contributed by atoms with Crippen molar-refractivity contribution >= 4 is 28.6 Å². The lowest BCUT2D eigenvalue weighted by atomic mass is 9.96. The van der Waals surface area contributed by atoms with Crippen molar-refractivity contribution in [2.75, 3.05) is 24.8 Å². The molecule has 2 aromatic heterocycles. The first-order chi connectivity index (χ1) is 13.8. The summed E-state index contributed by atoms with van der Waals surface area (Å²) in [5.74, 6) is 0.312. The average Bonchev–Trinajstić information content (AvgIpc) is 3.15. The molecule has 2 aromatic rings. The minimum atomic E-state index is -1.72. The van der Waals surface area contributed by atoms with Crippen LogP contribution in [-0.4, -0.2) is 84.3 Å². The molecule has 156 valence electrons. The van der Waals surface area contributed by atoms with Gasteiger partial charge in [0.1, 0.15) is 29.8 Å². The van der Waals surface area contributed by atoms with Crippen molar-refractivity contribution in [2.45, 2.75) is 37.9 Å². The molecule has 4 heterocycles. The number of aromatic nitrogens is 3. The highest BCUT2D eigenvalue weighted by atomic mass is 16.6. The van der Waals surface area contributed by atoms with E-state index >= 15 is 0 Å². The van der Waals surface area contributed by atoms with Crippen molar-refractivity contribution in [1.82, 2.24) is 19.9 Å². The summed E-state index contributed by atoms with van der Waals surface area (Å²) in [4.78, 5) is 20.2. The first-order valence-corrected chi connectivity index (χ1v) is 9.06. The average molecular weight is 406 g/mol. The Labute approximate surface area is 165 Å². The van der Waals surface area contributed by atoms with Crippen LogP contribution in [0.2, 0.25) is 0 Å². The summed E-state index contributed by atoms with van der Waals surface area (Å²) in [5, 5.41) is 49.0. The van der Waals surface area contributed by atoms with Gasteiger partial charge in [-0.25, -0.2) is 15.0 Å². The van der Waals surface area contributed by atoms with Gasteiger partial charge in [-0.15, -0.1) is 0 Å². The van der Waals surface area contributed by atoms with Crippen LogP contribution < -0.4 is 10.3 Å². The summed E-state index contributed by atoms with van der Waals surface area (Å²) in [6.07, 6.45) is -0.447. The standard InChI is InChI=1S/C17H22N6O6/c1-8(26)20-13-9-5-22(16-17(2,28)12(27)10(6-25)29-16)14-11(9)15(19-7-18-14)23(21-13)3-4-24/h5,7,10,12,16,24-25,27-28H,3-4,6H2,1-2H3,(H,20,21,26)/t10-,12-,16-,17-/m1/s1. The second kappa shape index (κ2) is 7.00. The Morgan fingerprint density at radius 3 is 2.76 bits per heavy atom. The molecule has 0 bridgehead atoms. The molecule has 4 atom stereocenters. The molecule has 0 aliphatic carbocycles. The van der Waals surface area contributed by atoms with Gasteiger partial charge in [0.2, 0.25) is 5.91 Å². The van der Waals surface area contributed by atoms with Crippen LogP contribution >= 0.6 is 0 Å². The zero-order valence-electron chi connectivity index (χ0n) is 15.8. The first-order valence-electron chi connectivity index (χ1n) is 9.06. The van der Waals surface area contributed by atoms with Gasteiger partial charge >= 0.3 is 0 Å². The molecule has 0 spiro atoms. The summed E-state index contributed by atoms with van der Waals surface area (Å²) >= 11 is 0. The Balaban J connectivity index is 1.90. The van der Waals surface area contributed by atoms with E-state index in [9.17, 15) is 25.2 Å². The Morgan fingerprint density at radius 2 is 2.14 bits per heavy atom. The van der Waals surface area contributed by atoms with Crippen LogP contribution in [0.5, 0.6) is 0 Å². The number of carbonyl (C=O) groups is 1. The summed E-state index contributed by atoms with van der Waals surface area (Å²) in [6.45, 7) is 2.23. The second-order valence-corrected chi connectivity index (χ2v) is 7.20. The lowest BCUT2D eigenvalue weighted by Crippen LogP contribution is -2.44. The van der Waals surface area contributed by atoms with Crippen LogP contribution in [0.1, 0.15) is 25.6 Å². The van der Waals surface area contributed by atoms with Gasteiger partial charge in [-0.05, 0) is 6.92 Å². The zero-order chi connectivity index (χ0) is 20.9. The van der Waals surface area contributed by atoms with Crippen LogP contribution in [0.15, 0.2) is 17.6 Å². The summed E-state index contributed by atoms with van der Waals surface area (Å²) in [6, 6.07) is 0. The lowest BCUT2D eigenvalue weighted by molar-refractivity contribution is -0.117. The Kier molecular flexibility index (Phi) is 4.75. The molecule has 0 aromatic carbocycles. The van der Waals surface area contributed by atoms with Gasteiger partial charge in [0.05, 0.1) is 30.7 Å². The highest BCUT2D eigenvalue weighted by Gasteiger charge is 2.53. The third-order valence-electron chi connectivity index (χ3n) is 5.10. The van der Waals surface area contributed by atoms with Crippen LogP contribution in [0.4, 0.5) is 5.82 Å². The molecule has 1 fully saturated rings. The monoisotopic (exact) mass is 406 g/mol. The number of β-amino-alcohol motifs (C(OH)–C–C–N with tert-alkyl or cyclic N) is 1. The van der Waals surface area contributed by atoms with Crippen LogP contribution in [0.25, 0.3) is 11.0 Å². The van der Waals surface area contributed by atoms with Crippen molar-refractivity contribution in [3.63, 3.8) is 0 Å². The van der Waals surface area contributed by atoms with E-state index in [1.807, 2.05) is 0 Å². The molecule has 4 rings (SSSR count). The predicted molar refractivity (Wildman–Crippen MR) is 99.9 cm³/mol. The Morgan fingerprint density at radius 1 is 1.38 bits per heavy atom. The number of amides is 1. The smallest absolute Gasteiger partial charge is 0.222 e. The third-order valence-corrected chi connectivity index (χ3v) is 5.10. The number of hydrogen-bond acceptors (Lipinski definition) is 10. The molecule has 0 unspecified atom stereocenters. The highest BCUT2D eigenvalue weighted by Crippen LogP contribution is 2.42. The van der Waals surface area contributed by atoms with Crippen molar-refractivity contribution in [2.24, 2.45) is 5.10 Å². The molecule has 1 amide bonds. The van der Waals surface area contributed by atoms with Crippen molar-refractivity contribution in [3.05, 3.63) is 18.1 Å². The fraction of sp³-hybridized carbons (Fsp3) is 0.529. The largest absolute Gasteiger partial charge is 0.394 e. The maximum absolute atomic E-state index is 11.7. The third kappa shape index (κ3) is 2.96. The molecular formula is C17H22N6O6. The molecule has 0 radical (unpaired) electrons. The van der Waals surface area contributed by atoms with Crippen molar-refractivity contribution in [3.8, 4) is 0 Å². The first kappa shape index (κ1) is 19.7. The van der Waals surface area contributed by atoms with E-state index in [-0.39, 0.29) is 24.9 Å². The van der Waals surface area contributed by atoms with E-state index < -0.39 is 30.6 Å². The Bertz CT molecular complexity index is 988. The fourth-order valence-corrected chi connectivity index (χ4v) is 3.74. The van der Waals surface area contributed by atoms with Gasteiger partial charge in [0.15, 0.2) is 17.9 Å².